The molecule has 0 saturated carbocycles. The van der Waals surface area contributed by atoms with Gasteiger partial charge < -0.3 is 15.5 Å². The van der Waals surface area contributed by atoms with E-state index in [4.69, 9.17) is 0 Å². The van der Waals surface area contributed by atoms with Gasteiger partial charge in [0.1, 0.15) is 6.10 Å². The molecule has 0 spiro atoms. The number of carbonyl (C=O) groups excluding carboxylic acids is 1. The van der Waals surface area contributed by atoms with E-state index in [-0.39, 0.29) is 6.42 Å². The van der Waals surface area contributed by atoms with Gasteiger partial charge in [0.15, 0.2) is 0 Å². The molecule has 0 aliphatic carbocycles. The first kappa shape index (κ1) is 42.8. The highest BCUT2D eigenvalue weighted by atomic mass is 32.2. The molecule has 260 valence electrons. The number of hydrogen-bond acceptors (Lipinski definition) is 5. The van der Waals surface area contributed by atoms with E-state index >= 15 is 0 Å². The number of nitrogens with one attached hydrogen (secondary N) is 1. The summed E-state index contributed by atoms with van der Waals surface area (Å²) in [4.78, 5) is 12.5. The Morgan fingerprint density at radius 2 is 1.00 bits per heavy atom. The quantitative estimate of drug-likeness (QED) is 0.0329. The van der Waals surface area contributed by atoms with Gasteiger partial charge in [0, 0.05) is 0 Å². The largest absolute Gasteiger partial charge is 0.391 e. The normalized spacial score (nSPS) is 14.4. The molecule has 0 aromatic carbocycles. The van der Waals surface area contributed by atoms with Crippen LogP contribution in [0.15, 0.2) is 24.3 Å². The summed E-state index contributed by atoms with van der Waals surface area (Å²) in [5.41, 5.74) is 0. The molecule has 0 bridgehead atoms. The van der Waals surface area contributed by atoms with Crippen molar-refractivity contribution in [3.05, 3.63) is 24.3 Å². The molecule has 0 radical (unpaired) electrons. The zero-order valence-corrected chi connectivity index (χ0v) is 29.2. The van der Waals surface area contributed by atoms with Crippen LogP contribution in [0.25, 0.3) is 0 Å². The second kappa shape index (κ2) is 30.4. The highest BCUT2D eigenvalue weighted by Crippen LogP contribution is 2.15. The van der Waals surface area contributed by atoms with E-state index in [2.05, 4.69) is 43.5 Å². The maximum atomic E-state index is 12.5. The van der Waals surface area contributed by atoms with Gasteiger partial charge in [-0.15, -0.1) is 0 Å². The molecule has 0 aromatic rings. The van der Waals surface area contributed by atoms with Crippen molar-refractivity contribution in [1.29, 1.82) is 0 Å². The summed E-state index contributed by atoms with van der Waals surface area (Å²) < 4.78 is 32.4. The van der Waals surface area contributed by atoms with Gasteiger partial charge in [0.05, 0.1) is 17.9 Å². The standard InChI is InChI=1S/C36H69NO6S/c1-3-5-7-9-11-13-15-17-19-21-23-25-27-29-31-35(39)36(40)37-33(32-44(41,42)43)34(38)30-28-26-24-22-20-18-16-14-12-10-8-6-4-2/h11,13,15,17,33-35,38-39H,3-10,12,14,16,18-32H2,1-2H3,(H,37,40)(H,41,42,43)/b13-11-,17-15-. The Hall–Kier alpha value is -1.22. The van der Waals surface area contributed by atoms with E-state index in [9.17, 15) is 28.0 Å². The predicted octanol–water partition coefficient (Wildman–Crippen LogP) is 8.99. The lowest BCUT2D eigenvalue weighted by Crippen LogP contribution is -2.50. The second-order valence-electron chi connectivity index (χ2n) is 12.7. The Bertz CT molecular complexity index is 813. The first-order chi connectivity index (χ1) is 21.2. The van der Waals surface area contributed by atoms with E-state index in [1.54, 1.807) is 0 Å². The van der Waals surface area contributed by atoms with Gasteiger partial charge in [-0.3, -0.25) is 9.35 Å². The van der Waals surface area contributed by atoms with Gasteiger partial charge >= 0.3 is 0 Å². The zero-order valence-electron chi connectivity index (χ0n) is 28.4. The third-order valence-electron chi connectivity index (χ3n) is 8.29. The fourth-order valence-corrected chi connectivity index (χ4v) is 6.21. The van der Waals surface area contributed by atoms with Crippen molar-refractivity contribution in [3.8, 4) is 0 Å². The molecular weight excluding hydrogens is 574 g/mol. The van der Waals surface area contributed by atoms with Crippen LogP contribution in [0.1, 0.15) is 174 Å². The monoisotopic (exact) mass is 643 g/mol. The zero-order chi connectivity index (χ0) is 32.7. The van der Waals surface area contributed by atoms with Crippen LogP contribution in [0.5, 0.6) is 0 Å². The number of amides is 1. The number of unbranched alkanes of at least 4 members (excludes halogenated alkanes) is 20. The lowest BCUT2D eigenvalue weighted by atomic mass is 10.0. The minimum Gasteiger partial charge on any atom is -0.391 e. The van der Waals surface area contributed by atoms with E-state index < -0.39 is 40.0 Å². The summed E-state index contributed by atoms with van der Waals surface area (Å²) in [6, 6.07) is -1.15. The number of allylic oxidation sites excluding steroid dienone is 4. The Balaban J connectivity index is 4.10. The maximum Gasteiger partial charge on any atom is 0.266 e. The van der Waals surface area contributed by atoms with Gasteiger partial charge in [-0.1, -0.05) is 160 Å². The van der Waals surface area contributed by atoms with Crippen molar-refractivity contribution in [2.75, 3.05) is 5.75 Å². The molecular formula is C36H69NO6S. The molecule has 0 aromatic heterocycles. The van der Waals surface area contributed by atoms with Crippen molar-refractivity contribution in [2.45, 2.75) is 193 Å². The number of carbonyl (C=O) groups is 1. The molecule has 0 fully saturated rings. The molecule has 0 aliphatic heterocycles. The first-order valence-corrected chi connectivity index (χ1v) is 19.8. The molecule has 3 atom stereocenters. The van der Waals surface area contributed by atoms with Crippen molar-refractivity contribution >= 4 is 16.0 Å². The van der Waals surface area contributed by atoms with Gasteiger partial charge in [-0.25, -0.2) is 0 Å². The summed E-state index contributed by atoms with van der Waals surface area (Å²) in [6.07, 6.45) is 33.3. The molecule has 3 unspecified atom stereocenters. The molecule has 0 aliphatic rings. The van der Waals surface area contributed by atoms with Crippen molar-refractivity contribution in [1.82, 2.24) is 5.32 Å². The summed E-state index contributed by atoms with van der Waals surface area (Å²) in [5, 5.41) is 23.4. The Morgan fingerprint density at radius 1 is 0.614 bits per heavy atom. The molecule has 1 amide bonds. The maximum absolute atomic E-state index is 12.5. The van der Waals surface area contributed by atoms with Crippen LogP contribution in [0.3, 0.4) is 0 Å². The van der Waals surface area contributed by atoms with E-state index in [1.165, 1.54) is 77.0 Å². The summed E-state index contributed by atoms with van der Waals surface area (Å²) in [6.45, 7) is 4.45. The molecule has 0 rings (SSSR count). The predicted molar refractivity (Wildman–Crippen MR) is 185 cm³/mol. The number of rotatable bonds is 32. The summed E-state index contributed by atoms with van der Waals surface area (Å²) in [7, 11) is -4.40. The third-order valence-corrected chi connectivity index (χ3v) is 9.07. The summed E-state index contributed by atoms with van der Waals surface area (Å²) >= 11 is 0. The van der Waals surface area contributed by atoms with Gasteiger partial charge in [-0.05, 0) is 38.5 Å². The van der Waals surface area contributed by atoms with E-state index in [0.717, 1.165) is 57.8 Å². The molecule has 8 heteroatoms. The Labute approximate surface area is 271 Å². The topological polar surface area (TPSA) is 124 Å². The smallest absolute Gasteiger partial charge is 0.266 e. The number of aliphatic hydroxyl groups is 2. The average Bonchev–Trinajstić information content (AvgIpc) is 2.98. The van der Waals surface area contributed by atoms with Crippen LogP contribution in [0.2, 0.25) is 0 Å². The lowest BCUT2D eigenvalue weighted by molar-refractivity contribution is -0.131. The highest BCUT2D eigenvalue weighted by molar-refractivity contribution is 7.85. The SMILES string of the molecule is CCCCC/C=C\C=C/CCCCCCCC(O)C(=O)NC(CS(=O)(=O)O)C(O)CCCCCCCCCCCCCCC. The number of aliphatic hydroxyl groups excluding tert-OH is 2. The molecule has 7 nitrogen and oxygen atoms in total. The molecule has 0 heterocycles. The van der Waals surface area contributed by atoms with Gasteiger partial charge in [-0.2, -0.15) is 8.42 Å². The van der Waals surface area contributed by atoms with E-state index in [1.807, 2.05) is 0 Å². The van der Waals surface area contributed by atoms with Crippen LogP contribution >= 0.6 is 0 Å². The Kier molecular flexibility index (Phi) is 29.6. The van der Waals surface area contributed by atoms with Gasteiger partial charge in [0.25, 0.3) is 10.1 Å². The average molecular weight is 644 g/mol. The minimum atomic E-state index is -4.40. The Morgan fingerprint density at radius 3 is 1.48 bits per heavy atom. The van der Waals surface area contributed by atoms with Crippen LogP contribution < -0.4 is 5.32 Å². The first-order valence-electron chi connectivity index (χ1n) is 18.1. The molecule has 44 heavy (non-hydrogen) atoms. The minimum absolute atomic E-state index is 0.280. The van der Waals surface area contributed by atoms with E-state index in [0.29, 0.717) is 19.3 Å². The highest BCUT2D eigenvalue weighted by Gasteiger charge is 2.28. The van der Waals surface area contributed by atoms with Crippen LogP contribution in [-0.2, 0) is 14.9 Å². The lowest BCUT2D eigenvalue weighted by Gasteiger charge is -2.24. The molecule has 0 saturated heterocycles. The van der Waals surface area contributed by atoms with Gasteiger partial charge in [0.2, 0.25) is 5.91 Å². The molecule has 4 N–H and O–H groups in total. The fraction of sp³-hybridized carbons (Fsp3) is 0.861. The summed E-state index contributed by atoms with van der Waals surface area (Å²) in [5.74, 6) is -1.47. The van der Waals surface area contributed by atoms with Crippen molar-refractivity contribution < 1.29 is 28.0 Å². The van der Waals surface area contributed by atoms with Crippen LogP contribution in [0.4, 0.5) is 0 Å². The van der Waals surface area contributed by atoms with Crippen molar-refractivity contribution in [2.24, 2.45) is 0 Å². The fourth-order valence-electron chi connectivity index (χ4n) is 5.45. The van der Waals surface area contributed by atoms with Crippen LogP contribution in [-0.4, -0.2) is 53.1 Å². The second-order valence-corrected chi connectivity index (χ2v) is 14.2. The van der Waals surface area contributed by atoms with Crippen LogP contribution in [0, 0.1) is 0 Å². The van der Waals surface area contributed by atoms with Crippen molar-refractivity contribution in [3.63, 3.8) is 0 Å². The number of hydrogen-bond donors (Lipinski definition) is 4. The third kappa shape index (κ3) is 29.5.